The maximum absolute atomic E-state index is 12.1. The van der Waals surface area contributed by atoms with Crippen LogP contribution in [0.2, 0.25) is 0 Å². The van der Waals surface area contributed by atoms with Gasteiger partial charge in [0.2, 0.25) is 0 Å². The van der Waals surface area contributed by atoms with Crippen molar-refractivity contribution in [2.24, 2.45) is 0 Å². The zero-order chi connectivity index (χ0) is 21.2. The normalized spacial score (nSPS) is 10.0. The molecule has 0 fully saturated rings. The van der Waals surface area contributed by atoms with Gasteiger partial charge in [0.1, 0.15) is 5.75 Å². The van der Waals surface area contributed by atoms with Crippen LogP contribution in [0.25, 0.3) is 0 Å². The molecule has 2 amide bonds. The first-order chi connectivity index (χ1) is 14.0. The van der Waals surface area contributed by atoms with E-state index in [4.69, 9.17) is 9.47 Å². The van der Waals surface area contributed by atoms with Crippen molar-refractivity contribution in [1.82, 2.24) is 10.9 Å². The van der Waals surface area contributed by atoms with Gasteiger partial charge in [-0.25, -0.2) is 4.79 Å². The molecule has 0 saturated carbocycles. The molecule has 0 saturated heterocycles. The molecule has 0 aliphatic carbocycles. The molecule has 0 aromatic heterocycles. The molecule has 2 aromatic rings. The number of esters is 1. The highest BCUT2D eigenvalue weighted by atomic mass is 16.5. The Hall–Kier alpha value is -3.55. The minimum atomic E-state index is -0.653. The molecule has 0 spiro atoms. The van der Waals surface area contributed by atoms with Gasteiger partial charge in [0, 0.05) is 24.3 Å². The molecular formula is C21H25N3O5. The van der Waals surface area contributed by atoms with Crippen LogP contribution in [-0.4, -0.2) is 44.6 Å². The molecule has 154 valence electrons. The first-order valence-electron chi connectivity index (χ1n) is 9.23. The largest absolute Gasteiger partial charge is 0.497 e. The van der Waals surface area contributed by atoms with E-state index >= 15 is 0 Å². The molecule has 2 N–H and O–H groups in total. The number of methoxy groups -OCH3 is 1. The Morgan fingerprint density at radius 2 is 1.45 bits per heavy atom. The summed E-state index contributed by atoms with van der Waals surface area (Å²) in [5.74, 6) is -1.17. The number of benzene rings is 2. The Kier molecular flexibility index (Phi) is 8.02. The molecular weight excluding hydrogens is 374 g/mol. The number of ether oxygens (including phenoxy) is 2. The fourth-order valence-corrected chi connectivity index (χ4v) is 2.59. The van der Waals surface area contributed by atoms with Crippen molar-refractivity contribution in [3.05, 3.63) is 59.7 Å². The first kappa shape index (κ1) is 21.7. The number of hydrazine groups is 1. The van der Waals surface area contributed by atoms with Crippen molar-refractivity contribution in [2.75, 3.05) is 31.7 Å². The van der Waals surface area contributed by atoms with Gasteiger partial charge in [-0.2, -0.15) is 0 Å². The van der Waals surface area contributed by atoms with Gasteiger partial charge in [-0.05, 0) is 62.4 Å². The second kappa shape index (κ2) is 10.7. The predicted octanol–water partition coefficient (Wildman–Crippen LogP) is 2.16. The average molecular weight is 399 g/mol. The minimum absolute atomic E-state index is 0.288. The number of carbonyl (C=O) groups excluding carboxylic acids is 3. The Morgan fingerprint density at radius 1 is 0.862 bits per heavy atom. The summed E-state index contributed by atoms with van der Waals surface area (Å²) in [7, 11) is 1.52. The summed E-state index contributed by atoms with van der Waals surface area (Å²) in [5.41, 5.74) is 6.22. The summed E-state index contributed by atoms with van der Waals surface area (Å²) in [4.78, 5) is 38.0. The van der Waals surface area contributed by atoms with Gasteiger partial charge >= 0.3 is 5.97 Å². The summed E-state index contributed by atoms with van der Waals surface area (Å²) < 4.78 is 9.93. The Morgan fingerprint density at radius 3 is 2.00 bits per heavy atom. The molecule has 2 aromatic carbocycles. The minimum Gasteiger partial charge on any atom is -0.497 e. The van der Waals surface area contributed by atoms with Crippen LogP contribution < -0.4 is 20.5 Å². The molecule has 8 nitrogen and oxygen atoms in total. The number of hydrogen-bond acceptors (Lipinski definition) is 6. The number of hydrogen-bond donors (Lipinski definition) is 2. The predicted molar refractivity (Wildman–Crippen MR) is 109 cm³/mol. The fourth-order valence-electron chi connectivity index (χ4n) is 2.59. The molecule has 0 bridgehead atoms. The van der Waals surface area contributed by atoms with Crippen molar-refractivity contribution in [3.8, 4) is 5.75 Å². The van der Waals surface area contributed by atoms with Gasteiger partial charge in [0.25, 0.3) is 11.8 Å². The van der Waals surface area contributed by atoms with Crippen molar-refractivity contribution in [1.29, 1.82) is 0 Å². The quantitative estimate of drug-likeness (QED) is 0.522. The van der Waals surface area contributed by atoms with E-state index in [-0.39, 0.29) is 5.56 Å². The summed E-state index contributed by atoms with van der Waals surface area (Å²) in [6.45, 7) is 5.33. The standard InChI is InChI=1S/C21H25N3O5/c1-4-24(5-2)17-10-6-15(7-11-17)20(26)23-22-19(25)14-29-21(27)16-8-12-18(28-3)13-9-16/h6-13H,4-5,14H2,1-3H3,(H,22,25)(H,23,26). The highest BCUT2D eigenvalue weighted by Crippen LogP contribution is 2.15. The van der Waals surface area contributed by atoms with E-state index in [9.17, 15) is 14.4 Å². The lowest BCUT2D eigenvalue weighted by molar-refractivity contribution is -0.125. The molecule has 0 aliphatic rings. The summed E-state index contributed by atoms with van der Waals surface area (Å²) in [6.07, 6.45) is 0. The molecule has 29 heavy (non-hydrogen) atoms. The maximum Gasteiger partial charge on any atom is 0.338 e. The molecule has 0 heterocycles. The summed E-state index contributed by atoms with van der Waals surface area (Å²) in [6, 6.07) is 13.3. The smallest absolute Gasteiger partial charge is 0.338 e. The third-order valence-electron chi connectivity index (χ3n) is 4.23. The number of amides is 2. The van der Waals surface area contributed by atoms with Crippen LogP contribution in [0.1, 0.15) is 34.6 Å². The van der Waals surface area contributed by atoms with E-state index in [0.29, 0.717) is 11.3 Å². The molecule has 2 rings (SSSR count). The van der Waals surface area contributed by atoms with Crippen molar-refractivity contribution < 1.29 is 23.9 Å². The Labute approximate surface area is 169 Å². The van der Waals surface area contributed by atoms with Crippen LogP contribution in [0.4, 0.5) is 5.69 Å². The van der Waals surface area contributed by atoms with E-state index in [1.165, 1.54) is 19.2 Å². The number of rotatable bonds is 8. The number of anilines is 1. The van der Waals surface area contributed by atoms with Gasteiger partial charge in [0.15, 0.2) is 6.61 Å². The summed E-state index contributed by atoms with van der Waals surface area (Å²) >= 11 is 0. The molecule has 8 heteroatoms. The lowest BCUT2D eigenvalue weighted by atomic mass is 10.2. The van der Waals surface area contributed by atoms with E-state index in [1.807, 2.05) is 12.1 Å². The van der Waals surface area contributed by atoms with E-state index in [0.717, 1.165) is 18.8 Å². The topological polar surface area (TPSA) is 97.0 Å². The van der Waals surface area contributed by atoms with Gasteiger partial charge < -0.3 is 14.4 Å². The second-order valence-electron chi connectivity index (χ2n) is 6.03. The van der Waals surface area contributed by atoms with Gasteiger partial charge in [-0.1, -0.05) is 0 Å². The van der Waals surface area contributed by atoms with Crippen molar-refractivity contribution in [3.63, 3.8) is 0 Å². The molecule has 0 aliphatic heterocycles. The first-order valence-corrected chi connectivity index (χ1v) is 9.23. The maximum atomic E-state index is 12.1. The van der Waals surface area contributed by atoms with Crippen LogP contribution in [-0.2, 0) is 9.53 Å². The monoisotopic (exact) mass is 399 g/mol. The SMILES string of the molecule is CCN(CC)c1ccc(C(=O)NNC(=O)COC(=O)c2ccc(OC)cc2)cc1. The van der Waals surface area contributed by atoms with Gasteiger partial charge in [-0.15, -0.1) is 0 Å². The van der Waals surface area contributed by atoms with Crippen LogP contribution in [0.15, 0.2) is 48.5 Å². The number of nitrogens with one attached hydrogen (secondary N) is 2. The Bertz CT molecular complexity index is 830. The van der Waals surface area contributed by atoms with Gasteiger partial charge in [-0.3, -0.25) is 20.4 Å². The highest BCUT2D eigenvalue weighted by molar-refractivity contribution is 5.96. The second-order valence-corrected chi connectivity index (χ2v) is 6.03. The third kappa shape index (κ3) is 6.24. The fraction of sp³-hybridized carbons (Fsp3) is 0.286. The van der Waals surface area contributed by atoms with E-state index in [1.54, 1.807) is 24.3 Å². The van der Waals surface area contributed by atoms with Crippen molar-refractivity contribution >= 4 is 23.5 Å². The van der Waals surface area contributed by atoms with Crippen LogP contribution >= 0.6 is 0 Å². The lowest BCUT2D eigenvalue weighted by Crippen LogP contribution is -2.43. The number of carbonyl (C=O) groups is 3. The van der Waals surface area contributed by atoms with Crippen molar-refractivity contribution in [2.45, 2.75) is 13.8 Å². The van der Waals surface area contributed by atoms with Crippen LogP contribution in [0.5, 0.6) is 5.75 Å². The third-order valence-corrected chi connectivity index (χ3v) is 4.23. The van der Waals surface area contributed by atoms with Crippen LogP contribution in [0, 0.1) is 0 Å². The summed E-state index contributed by atoms with van der Waals surface area (Å²) in [5, 5.41) is 0. The Balaban J connectivity index is 1.79. The molecule has 0 radical (unpaired) electrons. The lowest BCUT2D eigenvalue weighted by Gasteiger charge is -2.21. The van der Waals surface area contributed by atoms with Crippen LogP contribution in [0.3, 0.4) is 0 Å². The zero-order valence-corrected chi connectivity index (χ0v) is 16.7. The van der Waals surface area contributed by atoms with E-state index < -0.39 is 24.4 Å². The highest BCUT2D eigenvalue weighted by Gasteiger charge is 2.12. The average Bonchev–Trinajstić information content (AvgIpc) is 2.77. The molecule has 0 atom stereocenters. The van der Waals surface area contributed by atoms with E-state index in [2.05, 4.69) is 29.6 Å². The zero-order valence-electron chi connectivity index (χ0n) is 16.7. The number of nitrogens with zero attached hydrogens (tertiary/aromatic N) is 1. The molecule has 0 unspecified atom stereocenters. The van der Waals surface area contributed by atoms with Gasteiger partial charge in [0.05, 0.1) is 12.7 Å².